The summed E-state index contributed by atoms with van der Waals surface area (Å²) < 4.78 is 39.9. The minimum absolute atomic E-state index is 0.0393. The normalized spacial score (nSPS) is 12.6. The van der Waals surface area contributed by atoms with Crippen LogP contribution in [0.4, 0.5) is 13.2 Å². The number of nitrogens with zero attached hydrogens (tertiary/aromatic N) is 2. The molecular formula is C25H23F3N4O3. The van der Waals surface area contributed by atoms with E-state index in [1.54, 1.807) is 6.20 Å². The number of hydrogen-bond acceptors (Lipinski definition) is 4. The van der Waals surface area contributed by atoms with Gasteiger partial charge in [0.2, 0.25) is 0 Å². The predicted octanol–water partition coefficient (Wildman–Crippen LogP) is 4.18. The number of hydrogen-bond donors (Lipinski definition) is 3. The highest BCUT2D eigenvalue weighted by atomic mass is 19.4. The van der Waals surface area contributed by atoms with E-state index < -0.39 is 29.2 Å². The Morgan fingerprint density at radius 1 is 1.11 bits per heavy atom. The van der Waals surface area contributed by atoms with E-state index in [0.29, 0.717) is 11.3 Å². The van der Waals surface area contributed by atoms with Crippen LogP contribution in [-0.4, -0.2) is 32.2 Å². The first-order valence-electron chi connectivity index (χ1n) is 10.9. The van der Waals surface area contributed by atoms with Gasteiger partial charge in [-0.15, -0.1) is 0 Å². The fraction of sp³-hybridized carbons (Fsp3) is 0.240. The molecule has 0 saturated heterocycles. The van der Waals surface area contributed by atoms with Crippen LogP contribution < -0.4 is 10.9 Å². The molecule has 0 aliphatic heterocycles. The number of rotatable bonds is 6. The second-order valence-electron chi connectivity index (χ2n) is 8.31. The highest BCUT2D eigenvalue weighted by molar-refractivity contribution is 5.93. The molecule has 4 aromatic rings. The summed E-state index contributed by atoms with van der Waals surface area (Å²) in [5, 5.41) is 16.3. The molecule has 0 spiro atoms. The molecule has 3 N–H and O–H groups in total. The number of fused-ring (bicyclic) bond motifs is 1. The number of aromatic nitrogens is 3. The number of carbonyl (C=O) groups excluding carboxylic acids is 1. The molecule has 182 valence electrons. The Morgan fingerprint density at radius 2 is 1.83 bits per heavy atom. The molecule has 4 rings (SSSR count). The van der Waals surface area contributed by atoms with Crippen LogP contribution in [0.15, 0.2) is 59.5 Å². The lowest BCUT2D eigenvalue weighted by Crippen LogP contribution is -2.29. The van der Waals surface area contributed by atoms with Crippen molar-refractivity contribution < 1.29 is 23.1 Å². The number of aromatic amines is 1. The van der Waals surface area contributed by atoms with E-state index in [0.717, 1.165) is 28.8 Å². The molecule has 2 aromatic carbocycles. The van der Waals surface area contributed by atoms with Crippen molar-refractivity contribution in [3.63, 3.8) is 0 Å². The molecule has 0 saturated carbocycles. The van der Waals surface area contributed by atoms with Crippen LogP contribution in [0, 0.1) is 13.8 Å². The summed E-state index contributed by atoms with van der Waals surface area (Å²) in [7, 11) is 0. The molecule has 0 aliphatic carbocycles. The van der Waals surface area contributed by atoms with Gasteiger partial charge in [0, 0.05) is 12.7 Å². The third kappa shape index (κ3) is 5.12. The summed E-state index contributed by atoms with van der Waals surface area (Å²) >= 11 is 0. The van der Waals surface area contributed by atoms with Crippen molar-refractivity contribution in [3.05, 3.63) is 93.0 Å². The van der Waals surface area contributed by atoms with Crippen LogP contribution in [-0.2, 0) is 6.18 Å². The van der Waals surface area contributed by atoms with Gasteiger partial charge in [0.25, 0.3) is 11.5 Å². The SMILES string of the molecule is Cc1ccc(-c2cn3nc(C(=O)NC(CCO)c4ccc(C(F)(F)F)cc4)cc3c(=O)[nH]2)cc1C. The molecule has 0 radical (unpaired) electrons. The van der Waals surface area contributed by atoms with E-state index in [9.17, 15) is 27.9 Å². The average Bonchev–Trinajstić information content (AvgIpc) is 3.25. The molecule has 0 bridgehead atoms. The molecule has 1 unspecified atom stereocenters. The number of alkyl halides is 3. The maximum Gasteiger partial charge on any atom is 0.416 e. The minimum atomic E-state index is -4.48. The number of carbonyl (C=O) groups is 1. The van der Waals surface area contributed by atoms with Gasteiger partial charge in [0.1, 0.15) is 5.52 Å². The fourth-order valence-electron chi connectivity index (χ4n) is 3.76. The van der Waals surface area contributed by atoms with Gasteiger partial charge < -0.3 is 15.4 Å². The van der Waals surface area contributed by atoms with Crippen LogP contribution >= 0.6 is 0 Å². The fourth-order valence-corrected chi connectivity index (χ4v) is 3.76. The van der Waals surface area contributed by atoms with Gasteiger partial charge in [-0.05, 0) is 60.7 Å². The van der Waals surface area contributed by atoms with Crippen LogP contribution in [0.5, 0.6) is 0 Å². The number of nitrogens with one attached hydrogen (secondary N) is 2. The molecule has 35 heavy (non-hydrogen) atoms. The quantitative estimate of drug-likeness (QED) is 0.382. The Balaban J connectivity index is 1.61. The molecule has 0 fully saturated rings. The molecular weight excluding hydrogens is 461 g/mol. The second kappa shape index (κ2) is 9.38. The van der Waals surface area contributed by atoms with Gasteiger partial charge in [0.05, 0.1) is 23.5 Å². The van der Waals surface area contributed by atoms with E-state index in [-0.39, 0.29) is 24.2 Å². The number of halogens is 3. The minimum Gasteiger partial charge on any atom is -0.396 e. The van der Waals surface area contributed by atoms with E-state index in [2.05, 4.69) is 15.4 Å². The van der Waals surface area contributed by atoms with Crippen LogP contribution in [0.3, 0.4) is 0 Å². The zero-order valence-corrected chi connectivity index (χ0v) is 19.0. The topological polar surface area (TPSA) is 99.5 Å². The molecule has 7 nitrogen and oxygen atoms in total. The predicted molar refractivity (Wildman–Crippen MR) is 124 cm³/mol. The first kappa shape index (κ1) is 24.2. The monoisotopic (exact) mass is 484 g/mol. The summed E-state index contributed by atoms with van der Waals surface area (Å²) in [6.07, 6.45) is -2.78. The Bertz CT molecular complexity index is 1440. The van der Waals surface area contributed by atoms with Crippen LogP contribution in [0.1, 0.15) is 45.2 Å². The van der Waals surface area contributed by atoms with Crippen molar-refractivity contribution in [2.75, 3.05) is 6.61 Å². The van der Waals surface area contributed by atoms with E-state index in [4.69, 9.17) is 0 Å². The highest BCUT2D eigenvalue weighted by Gasteiger charge is 2.30. The molecule has 1 atom stereocenters. The Morgan fingerprint density at radius 3 is 2.46 bits per heavy atom. The van der Waals surface area contributed by atoms with Gasteiger partial charge in [-0.3, -0.25) is 9.59 Å². The number of aliphatic hydroxyl groups excluding tert-OH is 1. The summed E-state index contributed by atoms with van der Waals surface area (Å²) in [6.45, 7) is 3.65. The van der Waals surface area contributed by atoms with Gasteiger partial charge in [-0.1, -0.05) is 24.3 Å². The molecule has 2 heterocycles. The highest BCUT2D eigenvalue weighted by Crippen LogP contribution is 2.30. The first-order valence-corrected chi connectivity index (χ1v) is 10.9. The maximum absolute atomic E-state index is 12.9. The van der Waals surface area contributed by atoms with Crippen LogP contribution in [0.25, 0.3) is 16.8 Å². The smallest absolute Gasteiger partial charge is 0.396 e. The van der Waals surface area contributed by atoms with E-state index in [1.165, 1.54) is 22.7 Å². The maximum atomic E-state index is 12.9. The average molecular weight is 484 g/mol. The van der Waals surface area contributed by atoms with Gasteiger partial charge in [0.15, 0.2) is 5.69 Å². The summed E-state index contributed by atoms with van der Waals surface area (Å²) in [6, 6.07) is 10.7. The molecule has 0 aliphatic rings. The third-order valence-corrected chi connectivity index (χ3v) is 5.88. The zero-order chi connectivity index (χ0) is 25.3. The van der Waals surface area contributed by atoms with E-state index in [1.807, 2.05) is 32.0 Å². The van der Waals surface area contributed by atoms with Gasteiger partial charge >= 0.3 is 6.18 Å². The summed E-state index contributed by atoms with van der Waals surface area (Å²) in [5.74, 6) is -0.626. The van der Waals surface area contributed by atoms with Crippen molar-refractivity contribution >= 4 is 11.4 Å². The molecule has 2 aromatic heterocycles. The molecule has 10 heteroatoms. The number of H-pyrrole nitrogens is 1. The third-order valence-electron chi connectivity index (χ3n) is 5.88. The number of benzene rings is 2. The lowest BCUT2D eigenvalue weighted by atomic mass is 10.0. The van der Waals surface area contributed by atoms with Crippen molar-refractivity contribution in [2.45, 2.75) is 32.5 Å². The Kier molecular flexibility index (Phi) is 6.49. The zero-order valence-electron chi connectivity index (χ0n) is 19.0. The Labute approximate surface area is 198 Å². The van der Waals surface area contributed by atoms with Crippen molar-refractivity contribution in [1.82, 2.24) is 19.9 Å². The summed E-state index contributed by atoms with van der Waals surface area (Å²) in [4.78, 5) is 28.3. The first-order chi connectivity index (χ1) is 16.6. The number of aliphatic hydroxyl groups is 1. The Hall–Kier alpha value is -3.92. The van der Waals surface area contributed by atoms with E-state index >= 15 is 0 Å². The molecule has 1 amide bonds. The van der Waals surface area contributed by atoms with Crippen molar-refractivity contribution in [1.29, 1.82) is 0 Å². The van der Waals surface area contributed by atoms with Gasteiger partial charge in [-0.25, -0.2) is 4.52 Å². The van der Waals surface area contributed by atoms with Crippen molar-refractivity contribution in [2.24, 2.45) is 0 Å². The number of amides is 1. The lowest BCUT2D eigenvalue weighted by molar-refractivity contribution is -0.137. The van der Waals surface area contributed by atoms with Gasteiger partial charge in [-0.2, -0.15) is 18.3 Å². The largest absolute Gasteiger partial charge is 0.416 e. The standard InChI is InChI=1S/C25H23F3N4O3/c1-14-3-4-17(11-15(14)2)21-13-32-22(24(35)30-21)12-20(31-32)23(34)29-19(9-10-33)16-5-7-18(8-6-16)25(26,27)28/h3-8,11-13,19,33H,9-10H2,1-2H3,(H,29,34)(H,30,35). The van der Waals surface area contributed by atoms with Crippen LogP contribution in [0.2, 0.25) is 0 Å². The number of aryl methyl sites for hydroxylation is 2. The lowest BCUT2D eigenvalue weighted by Gasteiger charge is -2.18. The van der Waals surface area contributed by atoms with Crippen molar-refractivity contribution in [3.8, 4) is 11.3 Å². The second-order valence-corrected chi connectivity index (χ2v) is 8.31. The summed E-state index contributed by atoms with van der Waals surface area (Å²) in [5.41, 5.74) is 2.78.